The first-order valence-corrected chi connectivity index (χ1v) is 9.45. The number of amides is 2. The number of urea groups is 1. The van der Waals surface area contributed by atoms with E-state index in [1.165, 1.54) is 11.3 Å². The lowest BCUT2D eigenvalue weighted by atomic mass is 10.2. The smallest absolute Gasteiger partial charge is 0.320 e. The summed E-state index contributed by atoms with van der Waals surface area (Å²) in [6, 6.07) is 13.0. The van der Waals surface area contributed by atoms with Gasteiger partial charge in [0.25, 0.3) is 0 Å². The number of nitrogens with zero attached hydrogens (tertiary/aromatic N) is 3. The number of halogens is 1. The zero-order valence-corrected chi connectivity index (χ0v) is 16.1. The van der Waals surface area contributed by atoms with Gasteiger partial charge >= 0.3 is 6.03 Å². The lowest BCUT2D eigenvalue weighted by Crippen LogP contribution is -2.34. The first kappa shape index (κ1) is 18.4. The standard InChI is InChI=1S/C19H19ClN4OS/c1-3-24(12-16-8-9-17(20)26-16)19(25)23-15-6-4-14(5-7-15)18-21-11-10-13(2)22-18/h4-11H,3,12H2,1-2H3,(H,23,25). The minimum Gasteiger partial charge on any atom is -0.320 e. The summed E-state index contributed by atoms with van der Waals surface area (Å²) in [4.78, 5) is 24.0. The highest BCUT2D eigenvalue weighted by Gasteiger charge is 2.13. The van der Waals surface area contributed by atoms with Crippen molar-refractivity contribution in [3.05, 3.63) is 63.6 Å². The molecule has 0 atom stereocenters. The van der Waals surface area contributed by atoms with E-state index in [2.05, 4.69) is 15.3 Å². The molecule has 0 saturated carbocycles. The number of hydrogen-bond donors (Lipinski definition) is 1. The van der Waals surface area contributed by atoms with Crippen molar-refractivity contribution in [2.24, 2.45) is 0 Å². The van der Waals surface area contributed by atoms with Gasteiger partial charge in [-0.2, -0.15) is 0 Å². The van der Waals surface area contributed by atoms with Gasteiger partial charge < -0.3 is 10.2 Å². The summed E-state index contributed by atoms with van der Waals surface area (Å²) >= 11 is 7.45. The van der Waals surface area contributed by atoms with Crippen LogP contribution in [-0.4, -0.2) is 27.4 Å². The number of benzene rings is 1. The van der Waals surface area contributed by atoms with Gasteiger partial charge in [-0.25, -0.2) is 14.8 Å². The van der Waals surface area contributed by atoms with E-state index >= 15 is 0 Å². The van der Waals surface area contributed by atoms with Crippen molar-refractivity contribution in [2.45, 2.75) is 20.4 Å². The maximum absolute atomic E-state index is 12.5. The van der Waals surface area contributed by atoms with Gasteiger partial charge in [-0.05, 0) is 56.3 Å². The van der Waals surface area contributed by atoms with Gasteiger partial charge in [-0.15, -0.1) is 11.3 Å². The molecule has 0 spiro atoms. The fourth-order valence-corrected chi connectivity index (χ4v) is 3.55. The third kappa shape index (κ3) is 4.59. The van der Waals surface area contributed by atoms with Gasteiger partial charge in [-0.3, -0.25) is 0 Å². The molecule has 2 amide bonds. The van der Waals surface area contributed by atoms with Gasteiger partial charge in [0, 0.05) is 34.6 Å². The number of hydrogen-bond acceptors (Lipinski definition) is 4. The average molecular weight is 387 g/mol. The zero-order valence-electron chi connectivity index (χ0n) is 14.6. The van der Waals surface area contributed by atoms with Crippen molar-refractivity contribution < 1.29 is 4.79 Å². The monoisotopic (exact) mass is 386 g/mol. The molecule has 0 aliphatic rings. The highest BCUT2D eigenvalue weighted by molar-refractivity contribution is 7.16. The molecular weight excluding hydrogens is 368 g/mol. The molecule has 0 saturated heterocycles. The number of nitrogens with one attached hydrogen (secondary N) is 1. The zero-order chi connectivity index (χ0) is 18.5. The molecule has 0 unspecified atom stereocenters. The van der Waals surface area contributed by atoms with Gasteiger partial charge in [-0.1, -0.05) is 11.6 Å². The van der Waals surface area contributed by atoms with Crippen LogP contribution in [0.3, 0.4) is 0 Å². The number of rotatable bonds is 5. The van der Waals surface area contributed by atoms with E-state index in [9.17, 15) is 4.79 Å². The highest BCUT2D eigenvalue weighted by atomic mass is 35.5. The van der Waals surface area contributed by atoms with Crippen LogP contribution in [0.4, 0.5) is 10.5 Å². The van der Waals surface area contributed by atoms with Crippen molar-refractivity contribution in [2.75, 3.05) is 11.9 Å². The van der Waals surface area contributed by atoms with Crippen LogP contribution >= 0.6 is 22.9 Å². The molecule has 26 heavy (non-hydrogen) atoms. The Morgan fingerprint density at radius 3 is 2.58 bits per heavy atom. The summed E-state index contributed by atoms with van der Waals surface area (Å²) in [5.41, 5.74) is 2.56. The Morgan fingerprint density at radius 1 is 1.19 bits per heavy atom. The van der Waals surface area contributed by atoms with Crippen LogP contribution in [-0.2, 0) is 6.54 Å². The van der Waals surface area contributed by atoms with E-state index in [-0.39, 0.29) is 6.03 Å². The van der Waals surface area contributed by atoms with E-state index in [0.29, 0.717) is 18.9 Å². The fraction of sp³-hybridized carbons (Fsp3) is 0.211. The lowest BCUT2D eigenvalue weighted by molar-refractivity contribution is 0.212. The van der Waals surface area contributed by atoms with Gasteiger partial charge in [0.15, 0.2) is 5.82 Å². The Labute approximate surface area is 161 Å². The predicted octanol–water partition coefficient (Wildman–Crippen LogP) is 5.22. The number of thiophene rings is 1. The van der Waals surface area contributed by atoms with Crippen molar-refractivity contribution >= 4 is 34.7 Å². The molecular formula is C19H19ClN4OS. The molecule has 2 aromatic heterocycles. The van der Waals surface area contributed by atoms with E-state index < -0.39 is 0 Å². The minimum atomic E-state index is -0.142. The topological polar surface area (TPSA) is 58.1 Å². The van der Waals surface area contributed by atoms with Crippen molar-refractivity contribution in [1.82, 2.24) is 14.9 Å². The number of carbonyl (C=O) groups excluding carboxylic acids is 1. The second kappa shape index (κ2) is 8.29. The third-order valence-electron chi connectivity index (χ3n) is 3.83. The number of carbonyl (C=O) groups is 1. The highest BCUT2D eigenvalue weighted by Crippen LogP contribution is 2.23. The minimum absolute atomic E-state index is 0.142. The molecule has 134 valence electrons. The molecule has 3 rings (SSSR count). The normalized spacial score (nSPS) is 10.6. The summed E-state index contributed by atoms with van der Waals surface area (Å²) in [6.07, 6.45) is 1.74. The second-order valence-corrected chi connectivity index (χ2v) is 7.55. The average Bonchev–Trinajstić information content (AvgIpc) is 3.05. The summed E-state index contributed by atoms with van der Waals surface area (Å²) < 4.78 is 0.727. The van der Waals surface area contributed by atoms with Crippen LogP contribution in [0.25, 0.3) is 11.4 Å². The van der Waals surface area contributed by atoms with Crippen LogP contribution < -0.4 is 5.32 Å². The third-order valence-corrected chi connectivity index (χ3v) is 5.05. The first-order chi connectivity index (χ1) is 12.5. The van der Waals surface area contributed by atoms with Crippen LogP contribution in [0.2, 0.25) is 4.34 Å². The summed E-state index contributed by atoms with van der Waals surface area (Å²) in [7, 11) is 0. The molecule has 1 aromatic carbocycles. The van der Waals surface area contributed by atoms with Gasteiger partial charge in [0.05, 0.1) is 10.9 Å². The maximum atomic E-state index is 12.5. The molecule has 5 nitrogen and oxygen atoms in total. The number of aryl methyl sites for hydroxylation is 1. The van der Waals surface area contributed by atoms with Crippen molar-refractivity contribution in [3.63, 3.8) is 0 Å². The van der Waals surface area contributed by atoms with E-state index in [1.54, 1.807) is 11.1 Å². The van der Waals surface area contributed by atoms with Gasteiger partial charge in [0.2, 0.25) is 0 Å². The van der Waals surface area contributed by atoms with Crippen LogP contribution in [0.15, 0.2) is 48.7 Å². The molecule has 7 heteroatoms. The van der Waals surface area contributed by atoms with Crippen LogP contribution in [0, 0.1) is 6.92 Å². The largest absolute Gasteiger partial charge is 0.322 e. The number of aromatic nitrogens is 2. The summed E-state index contributed by atoms with van der Waals surface area (Å²) in [6.45, 7) is 5.03. The predicted molar refractivity (Wildman–Crippen MR) is 107 cm³/mol. The van der Waals surface area contributed by atoms with Crippen molar-refractivity contribution in [1.29, 1.82) is 0 Å². The molecule has 0 bridgehead atoms. The molecule has 3 aromatic rings. The lowest BCUT2D eigenvalue weighted by Gasteiger charge is -2.20. The van der Waals surface area contributed by atoms with Crippen LogP contribution in [0.1, 0.15) is 17.5 Å². The van der Waals surface area contributed by atoms with E-state index in [1.807, 2.05) is 56.3 Å². The Bertz CT molecular complexity index is 895. The Morgan fingerprint density at radius 2 is 1.96 bits per heavy atom. The summed E-state index contributed by atoms with van der Waals surface area (Å²) in [5.74, 6) is 0.674. The summed E-state index contributed by atoms with van der Waals surface area (Å²) in [5, 5.41) is 2.93. The molecule has 0 radical (unpaired) electrons. The number of anilines is 1. The fourth-order valence-electron chi connectivity index (χ4n) is 2.45. The molecule has 0 aliphatic heterocycles. The van der Waals surface area contributed by atoms with Crippen LogP contribution in [0.5, 0.6) is 0 Å². The SMILES string of the molecule is CCN(Cc1ccc(Cl)s1)C(=O)Nc1ccc(-c2nccc(C)n2)cc1. The maximum Gasteiger partial charge on any atom is 0.322 e. The van der Waals surface area contributed by atoms with Gasteiger partial charge in [0.1, 0.15) is 0 Å². The quantitative estimate of drug-likeness (QED) is 0.653. The first-order valence-electron chi connectivity index (χ1n) is 8.25. The molecule has 1 N–H and O–H groups in total. The molecule has 2 heterocycles. The Balaban J connectivity index is 1.66. The van der Waals surface area contributed by atoms with Crippen molar-refractivity contribution in [3.8, 4) is 11.4 Å². The Hall–Kier alpha value is -2.44. The Kier molecular flexibility index (Phi) is 5.85. The molecule has 0 fully saturated rings. The van der Waals surface area contributed by atoms with E-state index in [4.69, 9.17) is 11.6 Å². The molecule has 0 aliphatic carbocycles. The second-order valence-electron chi connectivity index (χ2n) is 5.75. The van der Waals surface area contributed by atoms with E-state index in [0.717, 1.165) is 26.2 Å².